The van der Waals surface area contributed by atoms with Crippen LogP contribution in [0.25, 0.3) is 0 Å². The first kappa shape index (κ1) is 19.6. The second-order valence-electron chi connectivity index (χ2n) is 6.23. The van der Waals surface area contributed by atoms with E-state index < -0.39 is 27.6 Å². The van der Waals surface area contributed by atoms with E-state index in [0.29, 0.717) is 6.42 Å². The van der Waals surface area contributed by atoms with Crippen LogP contribution in [0.15, 0.2) is 30.3 Å². The minimum atomic E-state index is -3.65. The zero-order chi connectivity index (χ0) is 17.5. The van der Waals surface area contributed by atoms with E-state index in [9.17, 15) is 13.2 Å². The summed E-state index contributed by atoms with van der Waals surface area (Å²) in [5.74, 6) is -0.478. The molecule has 130 valence electrons. The maximum Gasteiger partial charge on any atom is 0.313 e. The third kappa shape index (κ3) is 6.71. The minimum absolute atomic E-state index is 0.474. The van der Waals surface area contributed by atoms with Gasteiger partial charge in [0.15, 0.2) is 0 Å². The van der Waals surface area contributed by atoms with E-state index in [0.717, 1.165) is 25.5 Å². The van der Waals surface area contributed by atoms with E-state index in [1.54, 1.807) is 13.8 Å². The lowest BCUT2D eigenvalue weighted by Crippen LogP contribution is -2.41. The summed E-state index contributed by atoms with van der Waals surface area (Å²) in [5.41, 5.74) is 0.213. The van der Waals surface area contributed by atoms with Crippen molar-refractivity contribution in [2.75, 3.05) is 13.4 Å². The summed E-state index contributed by atoms with van der Waals surface area (Å²) < 4.78 is 32.9. The van der Waals surface area contributed by atoms with Gasteiger partial charge in [-0.2, -0.15) is 8.42 Å². The van der Waals surface area contributed by atoms with Gasteiger partial charge in [0, 0.05) is 0 Å². The molecule has 0 bridgehead atoms. The molecule has 1 unspecified atom stereocenters. The number of aryl methyl sites for hydroxylation is 1. The van der Waals surface area contributed by atoms with Crippen molar-refractivity contribution < 1.29 is 22.1 Å². The van der Waals surface area contributed by atoms with Crippen LogP contribution in [0, 0.1) is 5.41 Å². The number of unbranched alkanes of at least 4 members (excludes halogenated alkanes) is 1. The Kier molecular flexibility index (Phi) is 7.22. The van der Waals surface area contributed by atoms with Crippen molar-refractivity contribution in [3.8, 4) is 0 Å². The Labute approximate surface area is 139 Å². The second-order valence-corrected chi connectivity index (χ2v) is 7.83. The summed E-state index contributed by atoms with van der Waals surface area (Å²) in [5, 5.41) is 0. The van der Waals surface area contributed by atoms with Gasteiger partial charge in [-0.15, -0.1) is 0 Å². The number of hydrogen-bond acceptors (Lipinski definition) is 5. The summed E-state index contributed by atoms with van der Waals surface area (Å²) in [4.78, 5) is 11.9. The molecule has 1 rings (SSSR count). The predicted molar refractivity (Wildman–Crippen MR) is 89.5 cm³/mol. The van der Waals surface area contributed by atoms with E-state index in [-0.39, 0.29) is 0 Å². The molecule has 1 atom stereocenters. The fourth-order valence-electron chi connectivity index (χ4n) is 2.44. The highest BCUT2D eigenvalue weighted by Gasteiger charge is 2.40. The number of ether oxygens (including phenoxy) is 1. The van der Waals surface area contributed by atoms with Gasteiger partial charge in [0.05, 0.1) is 24.9 Å². The molecule has 0 saturated heterocycles. The van der Waals surface area contributed by atoms with E-state index in [1.807, 2.05) is 18.2 Å². The predicted octanol–water partition coefficient (Wildman–Crippen LogP) is 2.94. The van der Waals surface area contributed by atoms with Crippen molar-refractivity contribution in [2.24, 2.45) is 5.41 Å². The summed E-state index contributed by atoms with van der Waals surface area (Å²) in [6.45, 7) is 3.29. The Morgan fingerprint density at radius 1 is 1.17 bits per heavy atom. The smallest absolute Gasteiger partial charge is 0.313 e. The summed E-state index contributed by atoms with van der Waals surface area (Å²) >= 11 is 0. The average Bonchev–Trinajstić information content (AvgIpc) is 2.49. The van der Waals surface area contributed by atoms with Gasteiger partial charge in [0.25, 0.3) is 10.1 Å². The molecular formula is C17H26O5S. The molecule has 0 radical (unpaired) electrons. The molecule has 0 fully saturated rings. The molecule has 1 aromatic rings. The maximum atomic E-state index is 11.9. The highest BCUT2D eigenvalue weighted by molar-refractivity contribution is 7.86. The van der Waals surface area contributed by atoms with Crippen LogP contribution in [-0.4, -0.2) is 33.9 Å². The molecule has 0 N–H and O–H groups in total. The van der Waals surface area contributed by atoms with Crippen LogP contribution >= 0.6 is 0 Å². The number of carbonyl (C=O) groups is 1. The third-order valence-corrected chi connectivity index (χ3v) is 4.41. The molecule has 0 heterocycles. The Hall–Kier alpha value is -1.40. The molecule has 0 aliphatic heterocycles. The van der Waals surface area contributed by atoms with Crippen molar-refractivity contribution in [3.05, 3.63) is 35.9 Å². The largest absolute Gasteiger partial charge is 0.469 e. The van der Waals surface area contributed by atoms with Crippen molar-refractivity contribution in [2.45, 2.75) is 45.6 Å². The van der Waals surface area contributed by atoms with Gasteiger partial charge in [-0.05, 0) is 38.7 Å². The van der Waals surface area contributed by atoms with Crippen LogP contribution in [0.2, 0.25) is 0 Å². The lowest BCUT2D eigenvalue weighted by molar-refractivity contribution is -0.156. The first-order chi connectivity index (χ1) is 10.7. The quantitative estimate of drug-likeness (QED) is 0.392. The molecule has 0 aliphatic carbocycles. The maximum absolute atomic E-state index is 11.9. The van der Waals surface area contributed by atoms with Crippen molar-refractivity contribution >= 4 is 16.1 Å². The van der Waals surface area contributed by atoms with Gasteiger partial charge in [-0.3, -0.25) is 8.98 Å². The summed E-state index contributed by atoms with van der Waals surface area (Å²) in [7, 11) is -2.36. The molecular weight excluding hydrogens is 316 g/mol. The Morgan fingerprint density at radius 3 is 2.30 bits per heavy atom. The van der Waals surface area contributed by atoms with Crippen molar-refractivity contribution in [3.63, 3.8) is 0 Å². The second kappa shape index (κ2) is 8.45. The standard InChI is InChI=1S/C17H26O5S/c1-17(2,16(18)21-3)15(22-23(4,19)20)13-9-8-12-14-10-6-5-7-11-14/h5-7,10-11,15H,8-9,12-13H2,1-4H3. The Balaban J connectivity index is 2.64. The summed E-state index contributed by atoms with van der Waals surface area (Å²) in [6.07, 6.45) is 3.30. The molecule has 1 aromatic carbocycles. The lowest BCUT2D eigenvalue weighted by Gasteiger charge is -2.30. The number of carbonyl (C=O) groups excluding carboxylic acids is 1. The van der Waals surface area contributed by atoms with Gasteiger partial charge in [0.1, 0.15) is 0 Å². The van der Waals surface area contributed by atoms with Crippen molar-refractivity contribution in [1.82, 2.24) is 0 Å². The summed E-state index contributed by atoms with van der Waals surface area (Å²) in [6, 6.07) is 10.1. The molecule has 0 amide bonds. The van der Waals surface area contributed by atoms with Crippen LogP contribution in [0.4, 0.5) is 0 Å². The van der Waals surface area contributed by atoms with E-state index in [1.165, 1.54) is 12.7 Å². The first-order valence-corrected chi connectivity index (χ1v) is 9.49. The topological polar surface area (TPSA) is 69.7 Å². The average molecular weight is 342 g/mol. The third-order valence-electron chi connectivity index (χ3n) is 3.83. The molecule has 0 aliphatic rings. The monoisotopic (exact) mass is 342 g/mol. The van der Waals surface area contributed by atoms with Gasteiger partial charge < -0.3 is 4.74 Å². The van der Waals surface area contributed by atoms with Crippen LogP contribution < -0.4 is 0 Å². The number of benzene rings is 1. The van der Waals surface area contributed by atoms with E-state index in [4.69, 9.17) is 8.92 Å². The van der Waals surface area contributed by atoms with E-state index in [2.05, 4.69) is 12.1 Å². The SMILES string of the molecule is COC(=O)C(C)(C)C(CCCCc1ccccc1)OS(C)(=O)=O. The highest BCUT2D eigenvalue weighted by Crippen LogP contribution is 2.30. The molecule has 0 saturated carbocycles. The minimum Gasteiger partial charge on any atom is -0.469 e. The Bertz CT molecular complexity index is 593. The van der Waals surface area contributed by atoms with Gasteiger partial charge >= 0.3 is 5.97 Å². The number of methoxy groups -OCH3 is 1. The fraction of sp³-hybridized carbons (Fsp3) is 0.588. The van der Waals surface area contributed by atoms with Crippen LogP contribution in [-0.2, 0) is 30.3 Å². The van der Waals surface area contributed by atoms with Crippen LogP contribution in [0.1, 0.15) is 38.7 Å². The molecule has 5 nitrogen and oxygen atoms in total. The van der Waals surface area contributed by atoms with Gasteiger partial charge in [0.2, 0.25) is 0 Å². The highest BCUT2D eigenvalue weighted by atomic mass is 32.2. The molecule has 0 aromatic heterocycles. The molecule has 0 spiro atoms. The van der Waals surface area contributed by atoms with E-state index >= 15 is 0 Å². The lowest BCUT2D eigenvalue weighted by atomic mass is 9.83. The molecule has 23 heavy (non-hydrogen) atoms. The first-order valence-electron chi connectivity index (χ1n) is 7.67. The van der Waals surface area contributed by atoms with Gasteiger partial charge in [-0.1, -0.05) is 36.8 Å². The number of esters is 1. The number of rotatable bonds is 9. The van der Waals surface area contributed by atoms with Crippen LogP contribution in [0.3, 0.4) is 0 Å². The molecule has 6 heteroatoms. The zero-order valence-corrected chi connectivity index (χ0v) is 15.1. The van der Waals surface area contributed by atoms with Crippen molar-refractivity contribution in [1.29, 1.82) is 0 Å². The fourth-order valence-corrected chi connectivity index (χ4v) is 3.20. The van der Waals surface area contributed by atoms with Gasteiger partial charge in [-0.25, -0.2) is 0 Å². The normalized spacial score (nSPS) is 13.6. The van der Waals surface area contributed by atoms with Crippen LogP contribution in [0.5, 0.6) is 0 Å². The number of hydrogen-bond donors (Lipinski definition) is 0. The Morgan fingerprint density at radius 2 is 1.78 bits per heavy atom. The zero-order valence-electron chi connectivity index (χ0n) is 14.2.